The van der Waals surface area contributed by atoms with Gasteiger partial charge < -0.3 is 4.74 Å². The maximum absolute atomic E-state index is 13.2. The molecule has 0 radical (unpaired) electrons. The number of nitrogens with zero attached hydrogens (tertiary/aromatic N) is 2. The minimum atomic E-state index is -0.427. The molecular formula is C18H18ClFN2O2. The Labute approximate surface area is 145 Å². The molecule has 3 rings (SSSR count). The Hall–Kier alpha value is -1.98. The Morgan fingerprint density at radius 1 is 1.25 bits per heavy atom. The zero-order valence-corrected chi connectivity index (χ0v) is 13.9. The highest BCUT2D eigenvalue weighted by Crippen LogP contribution is 2.24. The van der Waals surface area contributed by atoms with Crippen molar-refractivity contribution >= 4 is 23.3 Å². The van der Waals surface area contributed by atoms with Crippen molar-refractivity contribution in [2.24, 2.45) is 0 Å². The van der Waals surface area contributed by atoms with Crippen molar-refractivity contribution in [3.05, 3.63) is 59.0 Å². The van der Waals surface area contributed by atoms with Crippen LogP contribution in [-0.4, -0.2) is 30.1 Å². The number of hydrogen-bond acceptors (Lipinski definition) is 3. The molecule has 4 nitrogen and oxygen atoms in total. The van der Waals surface area contributed by atoms with E-state index < -0.39 is 5.82 Å². The van der Waals surface area contributed by atoms with Gasteiger partial charge in [0.2, 0.25) is 5.91 Å². The molecule has 0 aliphatic carbocycles. The first-order valence-corrected chi connectivity index (χ1v) is 8.27. The third-order valence-electron chi connectivity index (χ3n) is 4.08. The number of ether oxygens (including phenoxy) is 1. The smallest absolute Gasteiger partial charge is 0.232 e. The summed E-state index contributed by atoms with van der Waals surface area (Å²) in [5, 5.41) is 0.560. The molecule has 126 valence electrons. The second-order valence-electron chi connectivity index (χ2n) is 5.71. The van der Waals surface area contributed by atoms with E-state index in [1.165, 1.54) is 12.1 Å². The number of carbonyl (C=O) groups excluding carboxylic acids is 1. The van der Waals surface area contributed by atoms with Gasteiger partial charge in [-0.1, -0.05) is 29.8 Å². The molecule has 0 unspecified atom stereocenters. The van der Waals surface area contributed by atoms with E-state index in [4.69, 9.17) is 16.3 Å². The van der Waals surface area contributed by atoms with Gasteiger partial charge in [-0.15, -0.1) is 0 Å². The van der Waals surface area contributed by atoms with Crippen LogP contribution < -0.4 is 4.90 Å². The highest BCUT2D eigenvalue weighted by atomic mass is 35.5. The van der Waals surface area contributed by atoms with Crippen molar-refractivity contribution in [1.82, 2.24) is 4.98 Å². The fraction of sp³-hybridized carbons (Fsp3) is 0.333. The van der Waals surface area contributed by atoms with Crippen molar-refractivity contribution in [2.45, 2.75) is 25.3 Å². The van der Waals surface area contributed by atoms with Gasteiger partial charge >= 0.3 is 0 Å². The van der Waals surface area contributed by atoms with E-state index in [1.54, 1.807) is 11.0 Å². The van der Waals surface area contributed by atoms with Crippen molar-refractivity contribution in [3.63, 3.8) is 0 Å². The zero-order chi connectivity index (χ0) is 16.9. The summed E-state index contributed by atoms with van der Waals surface area (Å²) < 4.78 is 18.6. The lowest BCUT2D eigenvalue weighted by Gasteiger charge is -2.33. The lowest BCUT2D eigenvalue weighted by atomic mass is 10.0. The highest BCUT2D eigenvalue weighted by molar-refractivity contribution is 6.31. The van der Waals surface area contributed by atoms with Crippen molar-refractivity contribution in [2.75, 3.05) is 18.1 Å². The number of benzene rings is 1. The van der Waals surface area contributed by atoms with E-state index in [9.17, 15) is 9.18 Å². The maximum atomic E-state index is 13.2. The van der Waals surface area contributed by atoms with Gasteiger partial charge in [0.05, 0.1) is 12.6 Å². The van der Waals surface area contributed by atoms with Crippen LogP contribution in [0.5, 0.6) is 0 Å². The maximum Gasteiger partial charge on any atom is 0.232 e. The summed E-state index contributed by atoms with van der Waals surface area (Å²) in [7, 11) is 0. The SMILES string of the molecule is O=C(Cc1ccccc1Cl)N(c1ccc(F)cn1)C1CCOCC1. The monoisotopic (exact) mass is 348 g/mol. The highest BCUT2D eigenvalue weighted by Gasteiger charge is 2.28. The summed E-state index contributed by atoms with van der Waals surface area (Å²) >= 11 is 6.17. The Morgan fingerprint density at radius 3 is 2.67 bits per heavy atom. The molecule has 6 heteroatoms. The molecule has 0 bridgehead atoms. The van der Waals surface area contributed by atoms with E-state index in [0.717, 1.165) is 24.6 Å². The van der Waals surface area contributed by atoms with E-state index in [-0.39, 0.29) is 18.4 Å². The number of rotatable bonds is 4. The summed E-state index contributed by atoms with van der Waals surface area (Å²) in [5.41, 5.74) is 0.767. The van der Waals surface area contributed by atoms with Gasteiger partial charge in [-0.25, -0.2) is 9.37 Å². The Kier molecular flexibility index (Phi) is 5.43. The molecular weight excluding hydrogens is 331 g/mol. The first-order valence-electron chi connectivity index (χ1n) is 7.90. The number of aromatic nitrogens is 1. The quantitative estimate of drug-likeness (QED) is 0.847. The normalized spacial score (nSPS) is 15.2. The number of halogens is 2. The van der Waals surface area contributed by atoms with E-state index >= 15 is 0 Å². The van der Waals surface area contributed by atoms with E-state index in [1.807, 2.05) is 18.2 Å². The van der Waals surface area contributed by atoms with Gasteiger partial charge in [-0.3, -0.25) is 9.69 Å². The average molecular weight is 349 g/mol. The van der Waals surface area contributed by atoms with Crippen LogP contribution in [0, 0.1) is 5.82 Å². The van der Waals surface area contributed by atoms with Crippen LogP contribution in [0.2, 0.25) is 5.02 Å². The molecule has 24 heavy (non-hydrogen) atoms. The number of hydrogen-bond donors (Lipinski definition) is 0. The van der Waals surface area contributed by atoms with E-state index in [0.29, 0.717) is 24.1 Å². The Morgan fingerprint density at radius 2 is 2.00 bits per heavy atom. The molecule has 1 aromatic heterocycles. The topological polar surface area (TPSA) is 42.4 Å². The molecule has 1 aromatic carbocycles. The van der Waals surface area contributed by atoms with E-state index in [2.05, 4.69) is 4.98 Å². The predicted molar refractivity (Wildman–Crippen MR) is 90.7 cm³/mol. The van der Waals surface area contributed by atoms with Crippen LogP contribution >= 0.6 is 11.6 Å². The van der Waals surface area contributed by atoms with Gasteiger partial charge in [0.15, 0.2) is 0 Å². The molecule has 1 aliphatic heterocycles. The molecule has 2 aromatic rings. The number of anilines is 1. The zero-order valence-electron chi connectivity index (χ0n) is 13.1. The molecule has 0 atom stereocenters. The second kappa shape index (κ2) is 7.73. The first kappa shape index (κ1) is 16.9. The lowest BCUT2D eigenvalue weighted by Crippen LogP contribution is -2.45. The molecule has 1 aliphatic rings. The summed E-state index contributed by atoms with van der Waals surface area (Å²) in [6.07, 6.45) is 2.77. The number of pyridine rings is 1. The molecule has 1 amide bonds. The summed E-state index contributed by atoms with van der Waals surface area (Å²) in [6, 6.07) is 10.1. The van der Waals surface area contributed by atoms with Gasteiger partial charge in [-0.2, -0.15) is 0 Å². The van der Waals surface area contributed by atoms with Crippen LogP contribution in [0.1, 0.15) is 18.4 Å². The summed E-state index contributed by atoms with van der Waals surface area (Å²) in [6.45, 7) is 1.20. The fourth-order valence-electron chi connectivity index (χ4n) is 2.86. The summed E-state index contributed by atoms with van der Waals surface area (Å²) in [5.74, 6) is -0.0707. The van der Waals surface area contributed by atoms with Crippen LogP contribution in [-0.2, 0) is 16.0 Å². The third kappa shape index (κ3) is 3.91. The van der Waals surface area contributed by atoms with Crippen molar-refractivity contribution in [3.8, 4) is 0 Å². The van der Waals surface area contributed by atoms with Crippen LogP contribution in [0.4, 0.5) is 10.2 Å². The average Bonchev–Trinajstić information content (AvgIpc) is 2.60. The largest absolute Gasteiger partial charge is 0.381 e. The summed E-state index contributed by atoms with van der Waals surface area (Å²) in [4.78, 5) is 18.7. The molecule has 1 saturated heterocycles. The molecule has 1 fully saturated rings. The standard InChI is InChI=1S/C18H18ClFN2O2/c19-16-4-2-1-3-13(16)11-18(23)22(15-7-9-24-10-8-15)17-6-5-14(20)12-21-17/h1-6,12,15H,7-11H2. The Bertz CT molecular complexity index is 702. The van der Waals surface area contributed by atoms with Gasteiger partial charge in [0, 0.05) is 24.3 Å². The minimum absolute atomic E-state index is 0.00769. The number of carbonyl (C=O) groups is 1. The van der Waals surface area contributed by atoms with Gasteiger partial charge in [0.1, 0.15) is 11.6 Å². The fourth-order valence-corrected chi connectivity index (χ4v) is 3.06. The molecule has 2 heterocycles. The van der Waals surface area contributed by atoms with Gasteiger partial charge in [-0.05, 0) is 36.6 Å². The lowest BCUT2D eigenvalue weighted by molar-refractivity contribution is -0.118. The molecule has 0 saturated carbocycles. The van der Waals surface area contributed by atoms with Crippen LogP contribution in [0.3, 0.4) is 0 Å². The van der Waals surface area contributed by atoms with Crippen molar-refractivity contribution < 1.29 is 13.9 Å². The first-order chi connectivity index (χ1) is 11.6. The Balaban J connectivity index is 1.87. The number of amides is 1. The van der Waals surface area contributed by atoms with Gasteiger partial charge in [0.25, 0.3) is 0 Å². The molecule has 0 spiro atoms. The van der Waals surface area contributed by atoms with Crippen LogP contribution in [0.25, 0.3) is 0 Å². The minimum Gasteiger partial charge on any atom is -0.381 e. The second-order valence-corrected chi connectivity index (χ2v) is 6.12. The third-order valence-corrected chi connectivity index (χ3v) is 4.45. The molecule has 0 N–H and O–H groups in total. The van der Waals surface area contributed by atoms with Crippen molar-refractivity contribution in [1.29, 1.82) is 0 Å². The van der Waals surface area contributed by atoms with Crippen LogP contribution in [0.15, 0.2) is 42.6 Å². The predicted octanol–water partition coefficient (Wildman–Crippen LogP) is 3.63.